The van der Waals surface area contributed by atoms with Crippen LogP contribution in [0.4, 0.5) is 13.2 Å². The Hall–Kier alpha value is -1.15. The summed E-state index contributed by atoms with van der Waals surface area (Å²) in [6, 6.07) is 4.28. The Kier molecular flexibility index (Phi) is 10.1. The molecule has 0 amide bonds. The topological polar surface area (TPSA) is 61.1 Å². The van der Waals surface area contributed by atoms with E-state index in [1.54, 1.807) is 0 Å². The summed E-state index contributed by atoms with van der Waals surface area (Å²) in [5.74, 6) is 0. The highest BCUT2D eigenvalue weighted by Crippen LogP contribution is 2.20. The second-order valence-electron chi connectivity index (χ2n) is 5.29. The monoisotopic (exact) mass is 355 g/mol. The molecule has 0 aliphatic carbocycles. The molecule has 0 saturated carbocycles. The maximum Gasteiger partial charge on any atom is 0.485 e. The van der Waals surface area contributed by atoms with Crippen molar-refractivity contribution in [2.75, 3.05) is 0 Å². The third-order valence-corrected chi connectivity index (χ3v) is 3.63. The Morgan fingerprint density at radius 2 is 1.65 bits per heavy atom. The minimum absolute atomic E-state index is 1.17. The van der Waals surface area contributed by atoms with Crippen LogP contribution in [0, 0.1) is 6.92 Å². The van der Waals surface area contributed by atoms with Gasteiger partial charge in [-0.25, -0.2) is 13.0 Å². The van der Waals surface area contributed by atoms with Gasteiger partial charge >= 0.3 is 5.51 Å². The van der Waals surface area contributed by atoms with Crippen LogP contribution < -0.4 is 4.57 Å². The number of rotatable bonds is 7. The van der Waals surface area contributed by atoms with Gasteiger partial charge in [-0.3, -0.25) is 0 Å². The van der Waals surface area contributed by atoms with Crippen molar-refractivity contribution in [3.8, 4) is 0 Å². The highest BCUT2D eigenvalue weighted by atomic mass is 32.2. The fourth-order valence-corrected chi connectivity index (χ4v) is 1.87. The molecule has 23 heavy (non-hydrogen) atoms. The highest BCUT2D eigenvalue weighted by Gasteiger charge is 2.36. The molecule has 4 nitrogen and oxygen atoms in total. The van der Waals surface area contributed by atoms with E-state index in [0.29, 0.717) is 0 Å². The first-order chi connectivity index (χ1) is 10.6. The second kappa shape index (κ2) is 10.6. The van der Waals surface area contributed by atoms with Crippen LogP contribution in [0.25, 0.3) is 0 Å². The van der Waals surface area contributed by atoms with Crippen molar-refractivity contribution in [1.82, 2.24) is 0 Å². The molecule has 0 fully saturated rings. The van der Waals surface area contributed by atoms with Crippen LogP contribution in [0.1, 0.15) is 51.0 Å². The van der Waals surface area contributed by atoms with Crippen molar-refractivity contribution < 1.29 is 30.7 Å². The number of hydrogen-bond donors (Lipinski definition) is 0. The van der Waals surface area contributed by atoms with Crippen molar-refractivity contribution in [2.24, 2.45) is 0 Å². The van der Waals surface area contributed by atoms with Gasteiger partial charge < -0.3 is 4.55 Å². The molecule has 1 rings (SSSR count). The molecule has 1 heterocycles. The van der Waals surface area contributed by atoms with Gasteiger partial charge in [-0.05, 0) is 19.4 Å². The van der Waals surface area contributed by atoms with E-state index in [2.05, 4.69) is 42.9 Å². The molecule has 0 saturated heterocycles. The largest absolute Gasteiger partial charge is 0.741 e. The molecule has 0 aromatic carbocycles. The lowest BCUT2D eigenvalue weighted by Gasteiger charge is -2.08. The smallest absolute Gasteiger partial charge is 0.485 e. The van der Waals surface area contributed by atoms with Crippen LogP contribution in [0.2, 0.25) is 0 Å². The summed E-state index contributed by atoms with van der Waals surface area (Å²) < 4.78 is 61.2. The maximum absolute atomic E-state index is 10.7. The summed E-state index contributed by atoms with van der Waals surface area (Å²) >= 11 is 0. The van der Waals surface area contributed by atoms with Gasteiger partial charge in [-0.15, -0.1) is 0 Å². The van der Waals surface area contributed by atoms with Gasteiger partial charge in [0.2, 0.25) is 0 Å². The van der Waals surface area contributed by atoms with E-state index in [9.17, 15) is 13.2 Å². The molecule has 134 valence electrons. The second-order valence-corrected chi connectivity index (χ2v) is 6.66. The average molecular weight is 355 g/mol. The van der Waals surface area contributed by atoms with Crippen LogP contribution in [-0.4, -0.2) is 18.5 Å². The lowest BCUT2D eigenvalue weighted by molar-refractivity contribution is -0.697. The van der Waals surface area contributed by atoms with Gasteiger partial charge in [0.1, 0.15) is 6.54 Å². The Labute approximate surface area is 136 Å². The van der Waals surface area contributed by atoms with E-state index in [4.69, 9.17) is 13.0 Å². The molecule has 0 radical (unpaired) electrons. The number of halogens is 3. The van der Waals surface area contributed by atoms with Gasteiger partial charge in [0.25, 0.3) is 0 Å². The van der Waals surface area contributed by atoms with Crippen molar-refractivity contribution in [3.63, 3.8) is 0 Å². The van der Waals surface area contributed by atoms with Crippen molar-refractivity contribution in [2.45, 2.75) is 64.4 Å². The molecule has 0 atom stereocenters. The van der Waals surface area contributed by atoms with Crippen molar-refractivity contribution in [3.05, 3.63) is 30.1 Å². The molecule has 1 aromatic rings. The van der Waals surface area contributed by atoms with E-state index >= 15 is 0 Å². The Balaban J connectivity index is 0.000000515. The van der Waals surface area contributed by atoms with Crippen molar-refractivity contribution >= 4 is 10.1 Å². The first kappa shape index (κ1) is 21.9. The van der Waals surface area contributed by atoms with E-state index < -0.39 is 15.6 Å². The molecule has 0 bridgehead atoms. The summed E-state index contributed by atoms with van der Waals surface area (Å²) in [5.41, 5.74) is -4.30. The molecule has 8 heteroatoms. The normalized spacial score (nSPS) is 11.7. The number of aromatic nitrogens is 1. The Morgan fingerprint density at radius 3 is 2.13 bits per heavy atom. The summed E-state index contributed by atoms with van der Waals surface area (Å²) in [4.78, 5) is 0. The zero-order valence-corrected chi connectivity index (χ0v) is 14.3. The molecule has 1 aromatic heterocycles. The molecule has 0 N–H and O–H groups in total. The third kappa shape index (κ3) is 11.1. The lowest BCUT2D eigenvalue weighted by Crippen LogP contribution is -2.32. The van der Waals surface area contributed by atoms with Gasteiger partial charge in [0, 0.05) is 18.1 Å². The third-order valence-electron chi connectivity index (χ3n) is 3.06. The van der Waals surface area contributed by atoms with Crippen LogP contribution in [-0.2, 0) is 16.7 Å². The molecular weight excluding hydrogens is 331 g/mol. The van der Waals surface area contributed by atoms with E-state index in [-0.39, 0.29) is 0 Å². The Bertz CT molecular complexity index is 545. The van der Waals surface area contributed by atoms with Crippen LogP contribution in [0.15, 0.2) is 24.5 Å². The summed E-state index contributed by atoms with van der Waals surface area (Å²) in [6.45, 7) is 5.59. The predicted molar refractivity (Wildman–Crippen MR) is 80.5 cm³/mol. The van der Waals surface area contributed by atoms with E-state index in [1.165, 1.54) is 50.6 Å². The first-order valence-corrected chi connectivity index (χ1v) is 8.96. The van der Waals surface area contributed by atoms with Gasteiger partial charge in [-0.1, -0.05) is 32.6 Å². The SMILES string of the molecule is CCCCCCCC[n+]1cccc(C)c1.O=S(=O)([O-])C(F)(F)F. The van der Waals surface area contributed by atoms with Crippen LogP contribution in [0.5, 0.6) is 0 Å². The quantitative estimate of drug-likeness (QED) is 0.324. The molecule has 0 aliphatic heterocycles. The lowest BCUT2D eigenvalue weighted by atomic mass is 10.1. The number of unbranched alkanes of at least 4 members (excludes halogenated alkanes) is 5. The van der Waals surface area contributed by atoms with Gasteiger partial charge in [-0.2, -0.15) is 13.2 Å². The number of pyridine rings is 1. The van der Waals surface area contributed by atoms with Crippen molar-refractivity contribution in [1.29, 1.82) is 0 Å². The number of aryl methyl sites for hydroxylation is 2. The summed E-state index contributed by atoms with van der Waals surface area (Å²) in [5, 5.41) is 0. The van der Waals surface area contributed by atoms with Gasteiger partial charge in [0.15, 0.2) is 22.5 Å². The van der Waals surface area contributed by atoms with Gasteiger partial charge in [0.05, 0.1) is 0 Å². The van der Waals surface area contributed by atoms with E-state index in [1.807, 2.05) is 0 Å². The molecular formula is C15H24F3NO3S. The van der Waals surface area contributed by atoms with Crippen LogP contribution >= 0.6 is 0 Å². The minimum Gasteiger partial charge on any atom is -0.741 e. The summed E-state index contributed by atoms with van der Waals surface area (Å²) in [7, 11) is -6.09. The number of nitrogens with zero attached hydrogens (tertiary/aromatic N) is 1. The van der Waals surface area contributed by atoms with E-state index in [0.717, 1.165) is 0 Å². The molecule has 0 aliphatic rings. The highest BCUT2D eigenvalue weighted by molar-refractivity contribution is 7.86. The summed E-state index contributed by atoms with van der Waals surface area (Å²) in [6.07, 6.45) is 12.6. The fourth-order valence-electron chi connectivity index (χ4n) is 1.87. The zero-order chi connectivity index (χ0) is 17.9. The minimum atomic E-state index is -6.09. The predicted octanol–water partition coefficient (Wildman–Crippen LogP) is 3.69. The maximum atomic E-state index is 10.7. The molecule has 0 unspecified atom stereocenters. The molecule has 0 spiro atoms. The number of alkyl halides is 3. The zero-order valence-electron chi connectivity index (χ0n) is 13.5. The standard InChI is InChI=1S/C14H24N.CHF3O3S/c1-3-4-5-6-7-8-11-15-12-9-10-14(2)13-15;2-1(3,4)8(5,6)7/h9-10,12-13H,3-8,11H2,1-2H3;(H,5,6,7)/q+1;/p-1. The van der Waals surface area contributed by atoms with Crippen LogP contribution in [0.3, 0.4) is 0 Å². The first-order valence-electron chi connectivity index (χ1n) is 7.55. The fraction of sp³-hybridized carbons (Fsp3) is 0.667. The Morgan fingerprint density at radius 1 is 1.13 bits per heavy atom. The number of hydrogen-bond acceptors (Lipinski definition) is 3. The average Bonchev–Trinajstić information content (AvgIpc) is 2.41.